The fourth-order valence-electron chi connectivity index (χ4n) is 10.3. The summed E-state index contributed by atoms with van der Waals surface area (Å²) in [7, 11) is 0. The lowest BCUT2D eigenvalue weighted by Crippen LogP contribution is -2.26. The van der Waals surface area contributed by atoms with Gasteiger partial charge in [-0.3, -0.25) is 4.57 Å². The van der Waals surface area contributed by atoms with Gasteiger partial charge in [0.05, 0.1) is 22.1 Å². The summed E-state index contributed by atoms with van der Waals surface area (Å²) in [4.78, 5) is 10.6. The first-order chi connectivity index (χ1) is 28.3. The van der Waals surface area contributed by atoms with E-state index in [1.165, 1.54) is 49.9 Å². The molecule has 0 radical (unpaired) electrons. The molecule has 2 aliphatic rings. The van der Waals surface area contributed by atoms with Crippen molar-refractivity contribution in [1.29, 1.82) is 0 Å². The summed E-state index contributed by atoms with van der Waals surface area (Å²) in [6.45, 7) is 0. The Bertz CT molecular complexity index is 3360. The standard InChI is InChI=1S/C53H31N3O/c1-3-17-32(18-4-1)42-31-45(55-52(54-42)33-19-5-2-6-20-33)56-43-29-15-10-24-37(43)47-46-36-23-9-14-28-41(36)53(39-26-12-7-21-34(39)35-22-8-13-27-40(35)53)49(46)48-38-25-11-16-30-44(38)57-51(48)50(47)56/h1-31H. The van der Waals surface area contributed by atoms with Crippen LogP contribution in [0.1, 0.15) is 22.3 Å². The largest absolute Gasteiger partial charge is 0.454 e. The van der Waals surface area contributed by atoms with Gasteiger partial charge in [-0.1, -0.05) is 170 Å². The van der Waals surface area contributed by atoms with Crippen LogP contribution in [0.3, 0.4) is 0 Å². The minimum Gasteiger partial charge on any atom is -0.454 e. The smallest absolute Gasteiger partial charge is 0.162 e. The monoisotopic (exact) mass is 725 g/mol. The van der Waals surface area contributed by atoms with Crippen LogP contribution in [0.15, 0.2) is 192 Å². The zero-order valence-electron chi connectivity index (χ0n) is 30.6. The van der Waals surface area contributed by atoms with E-state index in [0.29, 0.717) is 5.82 Å². The van der Waals surface area contributed by atoms with Gasteiger partial charge in [0, 0.05) is 38.7 Å². The molecule has 13 rings (SSSR count). The second-order valence-corrected chi connectivity index (χ2v) is 15.2. The van der Waals surface area contributed by atoms with E-state index in [1.807, 2.05) is 24.3 Å². The zero-order valence-corrected chi connectivity index (χ0v) is 30.6. The van der Waals surface area contributed by atoms with Crippen LogP contribution in [0.25, 0.3) is 94.5 Å². The van der Waals surface area contributed by atoms with Gasteiger partial charge in [-0.05, 0) is 56.6 Å². The molecule has 1 spiro atoms. The highest BCUT2D eigenvalue weighted by Gasteiger charge is 2.54. The second kappa shape index (κ2) is 11.2. The van der Waals surface area contributed by atoms with Gasteiger partial charge in [-0.15, -0.1) is 0 Å². The van der Waals surface area contributed by atoms with Crippen LogP contribution < -0.4 is 0 Å². The van der Waals surface area contributed by atoms with Crippen molar-refractivity contribution in [3.63, 3.8) is 0 Å². The third-order valence-electron chi connectivity index (χ3n) is 12.4. The van der Waals surface area contributed by atoms with Crippen molar-refractivity contribution >= 4 is 43.7 Å². The summed E-state index contributed by atoms with van der Waals surface area (Å²) in [5, 5.41) is 4.56. The fraction of sp³-hybridized carbons (Fsp3) is 0.0189. The average Bonchev–Trinajstić information content (AvgIpc) is 4.01. The summed E-state index contributed by atoms with van der Waals surface area (Å²) in [6.07, 6.45) is 0. The van der Waals surface area contributed by atoms with Crippen LogP contribution in [0.4, 0.5) is 0 Å². The third kappa shape index (κ3) is 3.91. The highest BCUT2D eigenvalue weighted by molar-refractivity contribution is 6.30. The zero-order chi connectivity index (χ0) is 37.2. The van der Waals surface area contributed by atoms with Crippen molar-refractivity contribution in [2.75, 3.05) is 0 Å². The van der Waals surface area contributed by atoms with Crippen LogP contribution in [0.2, 0.25) is 0 Å². The molecule has 0 N–H and O–H groups in total. The number of aromatic nitrogens is 3. The molecule has 0 bridgehead atoms. The van der Waals surface area contributed by atoms with E-state index in [0.717, 1.165) is 61.0 Å². The summed E-state index contributed by atoms with van der Waals surface area (Å²) >= 11 is 0. The van der Waals surface area contributed by atoms with Crippen molar-refractivity contribution in [1.82, 2.24) is 14.5 Å². The normalized spacial score (nSPS) is 13.4. The van der Waals surface area contributed by atoms with E-state index >= 15 is 0 Å². The van der Waals surface area contributed by atoms with Gasteiger partial charge in [0.25, 0.3) is 0 Å². The Hall–Kier alpha value is -7.56. The molecule has 4 nitrogen and oxygen atoms in total. The van der Waals surface area contributed by atoms with Crippen molar-refractivity contribution in [3.8, 4) is 50.7 Å². The van der Waals surface area contributed by atoms with E-state index < -0.39 is 5.41 Å². The van der Waals surface area contributed by atoms with Gasteiger partial charge in [-0.25, -0.2) is 9.97 Å². The molecule has 0 atom stereocenters. The minimum atomic E-state index is -0.558. The van der Waals surface area contributed by atoms with Gasteiger partial charge >= 0.3 is 0 Å². The Morgan fingerprint density at radius 2 is 1.04 bits per heavy atom. The van der Waals surface area contributed by atoms with Gasteiger partial charge in [0.15, 0.2) is 11.4 Å². The number of rotatable bonds is 3. The minimum absolute atomic E-state index is 0.558. The predicted molar refractivity (Wildman–Crippen MR) is 231 cm³/mol. The SMILES string of the molecule is c1ccc(-c2cc(-n3c4ccccc4c4c5c(c6c7ccccc7oc6c43)C3(c4ccccc4-c4ccccc43)c3ccccc3-5)nc(-c3ccccc3)n2)cc1. The van der Waals surface area contributed by atoms with E-state index in [-0.39, 0.29) is 0 Å². The predicted octanol–water partition coefficient (Wildman–Crippen LogP) is 13.2. The van der Waals surface area contributed by atoms with Gasteiger partial charge in [0.1, 0.15) is 11.4 Å². The number of benzene rings is 8. The Morgan fingerprint density at radius 3 is 1.75 bits per heavy atom. The topological polar surface area (TPSA) is 43.9 Å². The molecule has 0 aliphatic heterocycles. The number of para-hydroxylation sites is 2. The maximum atomic E-state index is 7.23. The number of nitrogens with zero attached hydrogens (tertiary/aromatic N) is 3. The average molecular weight is 726 g/mol. The van der Waals surface area contributed by atoms with E-state index in [4.69, 9.17) is 14.4 Å². The van der Waals surface area contributed by atoms with Crippen LogP contribution >= 0.6 is 0 Å². The first-order valence-corrected chi connectivity index (χ1v) is 19.5. The number of furan rings is 1. The van der Waals surface area contributed by atoms with Gasteiger partial charge in [-0.2, -0.15) is 0 Å². The first-order valence-electron chi connectivity index (χ1n) is 19.5. The summed E-state index contributed by atoms with van der Waals surface area (Å²) in [6, 6.07) is 67.3. The number of fused-ring (bicyclic) bond motifs is 19. The molecule has 3 heterocycles. The highest BCUT2D eigenvalue weighted by Crippen LogP contribution is 2.66. The molecule has 0 saturated carbocycles. The van der Waals surface area contributed by atoms with Gasteiger partial charge < -0.3 is 4.42 Å². The molecule has 11 aromatic rings. The molecular formula is C53H31N3O. The molecule has 2 aliphatic carbocycles. The molecule has 4 heteroatoms. The number of hydrogen-bond donors (Lipinski definition) is 0. The van der Waals surface area contributed by atoms with E-state index in [1.54, 1.807) is 0 Å². The lowest BCUT2D eigenvalue weighted by atomic mass is 9.69. The molecule has 264 valence electrons. The van der Waals surface area contributed by atoms with Crippen molar-refractivity contribution in [3.05, 3.63) is 210 Å². The lowest BCUT2D eigenvalue weighted by Gasteiger charge is -2.31. The fourth-order valence-corrected chi connectivity index (χ4v) is 10.3. The molecule has 0 amide bonds. The maximum Gasteiger partial charge on any atom is 0.162 e. The van der Waals surface area contributed by atoms with Crippen LogP contribution in [0, 0.1) is 0 Å². The van der Waals surface area contributed by atoms with Crippen LogP contribution in [-0.2, 0) is 5.41 Å². The summed E-state index contributed by atoms with van der Waals surface area (Å²) < 4.78 is 9.56. The Balaban J connectivity index is 1.27. The van der Waals surface area contributed by atoms with E-state index in [2.05, 4.69) is 168 Å². The molecule has 57 heavy (non-hydrogen) atoms. The van der Waals surface area contributed by atoms with Crippen molar-refractivity contribution in [2.24, 2.45) is 0 Å². The Kier molecular flexibility index (Phi) is 6.07. The third-order valence-corrected chi connectivity index (χ3v) is 12.4. The molecule has 8 aromatic carbocycles. The second-order valence-electron chi connectivity index (χ2n) is 15.2. The van der Waals surface area contributed by atoms with Crippen LogP contribution in [-0.4, -0.2) is 14.5 Å². The lowest BCUT2D eigenvalue weighted by molar-refractivity contribution is 0.670. The Morgan fingerprint density at radius 1 is 0.474 bits per heavy atom. The Labute approximate surface area is 328 Å². The summed E-state index contributed by atoms with van der Waals surface area (Å²) in [5.74, 6) is 1.46. The highest BCUT2D eigenvalue weighted by atomic mass is 16.3. The van der Waals surface area contributed by atoms with Gasteiger partial charge in [0.2, 0.25) is 0 Å². The van der Waals surface area contributed by atoms with Crippen LogP contribution in [0.5, 0.6) is 0 Å². The van der Waals surface area contributed by atoms with Crippen molar-refractivity contribution in [2.45, 2.75) is 5.41 Å². The molecule has 3 aromatic heterocycles. The summed E-state index contributed by atoms with van der Waals surface area (Å²) in [5.41, 5.74) is 16.3. The quantitative estimate of drug-likeness (QED) is 0.182. The number of hydrogen-bond acceptors (Lipinski definition) is 3. The van der Waals surface area contributed by atoms with Crippen molar-refractivity contribution < 1.29 is 4.42 Å². The van der Waals surface area contributed by atoms with E-state index in [9.17, 15) is 0 Å². The molecule has 0 fully saturated rings. The first kappa shape index (κ1) is 30.7. The maximum absolute atomic E-state index is 7.23. The molecule has 0 saturated heterocycles. The molecule has 0 unspecified atom stereocenters. The molecular weight excluding hydrogens is 695 g/mol.